The molecule has 0 saturated carbocycles. The van der Waals surface area contributed by atoms with Crippen molar-refractivity contribution in [2.75, 3.05) is 16.4 Å². The van der Waals surface area contributed by atoms with Crippen molar-refractivity contribution >= 4 is 46.0 Å². The third-order valence-corrected chi connectivity index (χ3v) is 8.62. The number of imidazole rings is 1. The summed E-state index contributed by atoms with van der Waals surface area (Å²) < 4.78 is 21.7. The lowest BCUT2D eigenvalue weighted by Crippen LogP contribution is -2.30. The van der Waals surface area contributed by atoms with Gasteiger partial charge in [0, 0.05) is 23.7 Å². The number of thioether (sulfide) groups is 1. The van der Waals surface area contributed by atoms with Gasteiger partial charge in [0.15, 0.2) is 0 Å². The van der Waals surface area contributed by atoms with Crippen LogP contribution in [0.25, 0.3) is 22.2 Å². The van der Waals surface area contributed by atoms with Crippen molar-refractivity contribution in [1.82, 2.24) is 14.7 Å². The van der Waals surface area contributed by atoms with Crippen LogP contribution in [0.5, 0.6) is 0 Å². The van der Waals surface area contributed by atoms with E-state index in [4.69, 9.17) is 21.1 Å². The van der Waals surface area contributed by atoms with Crippen molar-refractivity contribution in [3.05, 3.63) is 64.5 Å². The summed E-state index contributed by atoms with van der Waals surface area (Å²) in [5.74, 6) is 3.35. The summed E-state index contributed by atoms with van der Waals surface area (Å²) in [4.78, 5) is 20.0. The Morgan fingerprint density at radius 1 is 1.11 bits per heavy atom. The van der Waals surface area contributed by atoms with Crippen molar-refractivity contribution < 1.29 is 13.7 Å². The fourth-order valence-corrected chi connectivity index (χ4v) is 6.87. The van der Waals surface area contributed by atoms with E-state index in [0.29, 0.717) is 24.6 Å². The number of anilines is 1. The molecule has 1 unspecified atom stereocenters. The Balaban J connectivity index is 1.51. The van der Waals surface area contributed by atoms with Gasteiger partial charge in [-0.25, -0.2) is 9.37 Å². The van der Waals surface area contributed by atoms with Crippen LogP contribution in [0.15, 0.2) is 40.9 Å². The van der Waals surface area contributed by atoms with Crippen molar-refractivity contribution in [3.8, 4) is 11.1 Å². The molecular formula is C27H26ClFN4O2S. The first-order chi connectivity index (χ1) is 17.4. The van der Waals surface area contributed by atoms with Gasteiger partial charge >= 0.3 is 0 Å². The molecule has 4 heterocycles. The SMILES string of the molecule is Cc1noc(C)c1-c1ccc2c(c1)nc(C1CCC(=O)N1c1ccc(F)c(Cl)c1)n2C1CCSCC1. The topological polar surface area (TPSA) is 64.2 Å². The molecule has 2 aliphatic rings. The van der Waals surface area contributed by atoms with Gasteiger partial charge < -0.3 is 14.0 Å². The van der Waals surface area contributed by atoms with E-state index in [0.717, 1.165) is 63.8 Å². The number of halogens is 2. The van der Waals surface area contributed by atoms with E-state index in [2.05, 4.69) is 27.9 Å². The first kappa shape index (κ1) is 23.6. The molecule has 2 aromatic carbocycles. The molecule has 0 N–H and O–H groups in total. The molecule has 9 heteroatoms. The first-order valence-electron chi connectivity index (χ1n) is 12.2. The minimum Gasteiger partial charge on any atom is -0.361 e. The zero-order valence-electron chi connectivity index (χ0n) is 20.1. The Morgan fingerprint density at radius 3 is 2.64 bits per heavy atom. The van der Waals surface area contributed by atoms with Crippen LogP contribution < -0.4 is 4.90 Å². The number of fused-ring (bicyclic) bond motifs is 1. The molecule has 6 rings (SSSR count). The van der Waals surface area contributed by atoms with Crippen LogP contribution >= 0.6 is 23.4 Å². The Hall–Kier alpha value is -2.84. The highest BCUT2D eigenvalue weighted by atomic mass is 35.5. The second-order valence-electron chi connectivity index (χ2n) is 9.50. The van der Waals surface area contributed by atoms with Crippen molar-refractivity contribution in [1.29, 1.82) is 0 Å². The Morgan fingerprint density at radius 2 is 1.92 bits per heavy atom. The maximum atomic E-state index is 13.9. The minimum atomic E-state index is -0.498. The third kappa shape index (κ3) is 3.91. The normalized spacial score (nSPS) is 19.1. The molecule has 186 valence electrons. The van der Waals surface area contributed by atoms with Gasteiger partial charge in [0.2, 0.25) is 5.91 Å². The standard InChI is InChI=1S/C27H26ClFN4O2S/c1-15-26(16(2)35-31-15)17-3-6-23-22(13-17)30-27(33(23)18-9-11-36-12-10-18)24-7-8-25(34)32(24)19-4-5-21(29)20(28)14-19/h3-6,13-14,18,24H,7-12H2,1-2H3. The molecule has 2 saturated heterocycles. The summed E-state index contributed by atoms with van der Waals surface area (Å²) in [6.45, 7) is 3.86. The minimum absolute atomic E-state index is 0.00288. The zero-order chi connectivity index (χ0) is 25.0. The van der Waals surface area contributed by atoms with Gasteiger partial charge in [0.1, 0.15) is 17.4 Å². The molecule has 1 amide bonds. The predicted molar refractivity (Wildman–Crippen MR) is 141 cm³/mol. The first-order valence-corrected chi connectivity index (χ1v) is 13.8. The maximum absolute atomic E-state index is 13.9. The van der Waals surface area contributed by atoms with Crippen LogP contribution in [0, 0.1) is 19.7 Å². The number of aryl methyl sites for hydroxylation is 2. The molecule has 1 atom stereocenters. The number of rotatable bonds is 4. The fourth-order valence-electron chi connectivity index (χ4n) is 5.62. The average Bonchev–Trinajstić information content (AvgIpc) is 3.55. The quantitative estimate of drug-likeness (QED) is 0.286. The third-order valence-electron chi connectivity index (χ3n) is 7.29. The number of hydrogen-bond acceptors (Lipinski definition) is 5. The van der Waals surface area contributed by atoms with E-state index in [1.807, 2.05) is 25.6 Å². The van der Waals surface area contributed by atoms with Gasteiger partial charge in [0.05, 0.1) is 27.8 Å². The zero-order valence-corrected chi connectivity index (χ0v) is 21.7. The lowest BCUT2D eigenvalue weighted by atomic mass is 10.0. The maximum Gasteiger partial charge on any atom is 0.227 e. The van der Waals surface area contributed by atoms with Crippen molar-refractivity contribution in [3.63, 3.8) is 0 Å². The summed E-state index contributed by atoms with van der Waals surface area (Å²) in [6.07, 6.45) is 3.17. The lowest BCUT2D eigenvalue weighted by Gasteiger charge is -2.30. The number of benzene rings is 2. The molecular weight excluding hydrogens is 499 g/mol. The van der Waals surface area contributed by atoms with E-state index in [9.17, 15) is 9.18 Å². The molecule has 0 aliphatic carbocycles. The highest BCUT2D eigenvalue weighted by molar-refractivity contribution is 7.99. The number of carbonyl (C=O) groups excluding carboxylic acids is 1. The highest BCUT2D eigenvalue weighted by Crippen LogP contribution is 2.42. The number of amides is 1. The summed E-state index contributed by atoms with van der Waals surface area (Å²) in [6, 6.07) is 10.9. The van der Waals surface area contributed by atoms with Crippen LogP contribution in [0.1, 0.15) is 55.0 Å². The molecule has 2 fully saturated rings. The van der Waals surface area contributed by atoms with Gasteiger partial charge in [-0.15, -0.1) is 0 Å². The summed E-state index contributed by atoms with van der Waals surface area (Å²) >= 11 is 8.07. The van der Waals surface area contributed by atoms with Gasteiger partial charge in [-0.3, -0.25) is 4.79 Å². The number of hydrogen-bond donors (Lipinski definition) is 0. The smallest absolute Gasteiger partial charge is 0.227 e. The monoisotopic (exact) mass is 524 g/mol. The van der Waals surface area contributed by atoms with Crippen LogP contribution in [0.4, 0.5) is 10.1 Å². The Kier molecular flexibility index (Phi) is 6.04. The summed E-state index contributed by atoms with van der Waals surface area (Å²) in [5, 5.41) is 4.12. The van der Waals surface area contributed by atoms with Gasteiger partial charge in [-0.2, -0.15) is 11.8 Å². The van der Waals surface area contributed by atoms with Crippen molar-refractivity contribution in [2.45, 2.75) is 51.6 Å². The fraction of sp³-hybridized carbons (Fsp3) is 0.370. The van der Waals surface area contributed by atoms with Crippen LogP contribution in [0.2, 0.25) is 5.02 Å². The number of aromatic nitrogens is 3. The van der Waals surface area contributed by atoms with E-state index >= 15 is 0 Å². The van der Waals surface area contributed by atoms with Gasteiger partial charge in [-0.1, -0.05) is 22.8 Å². The lowest BCUT2D eigenvalue weighted by molar-refractivity contribution is -0.117. The molecule has 6 nitrogen and oxygen atoms in total. The second-order valence-corrected chi connectivity index (χ2v) is 11.1. The molecule has 2 aromatic heterocycles. The van der Waals surface area contributed by atoms with Gasteiger partial charge in [0.25, 0.3) is 0 Å². The number of nitrogens with zero attached hydrogens (tertiary/aromatic N) is 4. The molecule has 0 radical (unpaired) electrons. The van der Waals surface area contributed by atoms with Crippen LogP contribution in [0.3, 0.4) is 0 Å². The van der Waals surface area contributed by atoms with E-state index in [1.165, 1.54) is 12.1 Å². The second kappa shape index (κ2) is 9.23. The molecule has 4 aromatic rings. The Bertz CT molecular complexity index is 1460. The largest absolute Gasteiger partial charge is 0.361 e. The Labute approximate surface area is 217 Å². The van der Waals surface area contributed by atoms with E-state index in [1.54, 1.807) is 11.0 Å². The van der Waals surface area contributed by atoms with E-state index in [-0.39, 0.29) is 17.0 Å². The molecule has 0 bridgehead atoms. The molecule has 2 aliphatic heterocycles. The van der Waals surface area contributed by atoms with E-state index < -0.39 is 5.82 Å². The number of carbonyl (C=O) groups is 1. The van der Waals surface area contributed by atoms with Crippen LogP contribution in [-0.2, 0) is 4.79 Å². The molecule has 0 spiro atoms. The van der Waals surface area contributed by atoms with Crippen LogP contribution in [-0.4, -0.2) is 32.1 Å². The highest BCUT2D eigenvalue weighted by Gasteiger charge is 2.38. The average molecular weight is 525 g/mol. The molecule has 36 heavy (non-hydrogen) atoms. The van der Waals surface area contributed by atoms with Gasteiger partial charge in [-0.05, 0) is 80.5 Å². The predicted octanol–water partition coefficient (Wildman–Crippen LogP) is 7.04. The van der Waals surface area contributed by atoms with Crippen molar-refractivity contribution in [2.24, 2.45) is 0 Å². The summed E-state index contributed by atoms with van der Waals surface area (Å²) in [5.41, 5.74) is 5.39. The summed E-state index contributed by atoms with van der Waals surface area (Å²) in [7, 11) is 0.